The highest BCUT2D eigenvalue weighted by molar-refractivity contribution is 5.86. The molecule has 0 amide bonds. The Bertz CT molecular complexity index is 1460. The molecule has 2 aromatic heterocycles. The molecule has 1 aliphatic heterocycles. The van der Waals surface area contributed by atoms with Gasteiger partial charge >= 0.3 is 5.69 Å². The Morgan fingerprint density at radius 2 is 1.71 bits per heavy atom. The van der Waals surface area contributed by atoms with Gasteiger partial charge in [-0.1, -0.05) is 24.3 Å². The van der Waals surface area contributed by atoms with Crippen LogP contribution < -0.4 is 26.0 Å². The number of aromatic nitrogens is 3. The summed E-state index contributed by atoms with van der Waals surface area (Å²) in [6.45, 7) is 0. The van der Waals surface area contributed by atoms with Crippen LogP contribution in [0.25, 0.3) is 16.6 Å². The van der Waals surface area contributed by atoms with Crippen LogP contribution in [0.2, 0.25) is 0 Å². The molecule has 0 bridgehead atoms. The highest BCUT2D eigenvalue weighted by atomic mass is 16.5. The Hall–Kier alpha value is -3.94. The van der Waals surface area contributed by atoms with Crippen molar-refractivity contribution < 1.29 is 9.47 Å². The standard InChI is InChI=1S/C23H22N4O4/c1-25-19-14(22(28)26(2)23(25)29)12-27-16-10-6-5-9-15(16)24-18(20(19)27)13-8-7-11-17(30-3)21(13)31-4/h5-12,18,24H,1-4H3/t18-/m0/s1. The molecule has 0 aliphatic carbocycles. The third kappa shape index (κ3) is 2.54. The zero-order valence-electron chi connectivity index (χ0n) is 17.7. The molecule has 0 unspecified atom stereocenters. The maximum absolute atomic E-state index is 13.0. The van der Waals surface area contributed by atoms with E-state index in [2.05, 4.69) is 5.32 Å². The smallest absolute Gasteiger partial charge is 0.331 e. The molecule has 8 heteroatoms. The van der Waals surface area contributed by atoms with Crippen LogP contribution in [-0.4, -0.2) is 27.9 Å². The quantitative estimate of drug-likeness (QED) is 0.553. The Kier molecular flexibility index (Phi) is 4.18. The normalized spacial score (nSPS) is 14.6. The molecule has 1 N–H and O–H groups in total. The van der Waals surface area contributed by atoms with Crippen molar-refractivity contribution in [3.05, 3.63) is 80.8 Å². The molecule has 3 heterocycles. The predicted molar refractivity (Wildman–Crippen MR) is 119 cm³/mol. The molecule has 0 saturated carbocycles. The van der Waals surface area contributed by atoms with E-state index in [4.69, 9.17) is 9.47 Å². The van der Waals surface area contributed by atoms with Crippen molar-refractivity contribution in [2.45, 2.75) is 6.04 Å². The second-order valence-corrected chi connectivity index (χ2v) is 7.53. The minimum atomic E-state index is -0.379. The van der Waals surface area contributed by atoms with E-state index in [9.17, 15) is 9.59 Å². The number of hydrogen-bond acceptors (Lipinski definition) is 5. The summed E-state index contributed by atoms with van der Waals surface area (Å²) in [7, 11) is 6.37. The molecule has 1 aliphatic rings. The SMILES string of the molecule is COc1cccc([C@@H]2Nc3ccccc3-n3cc4c(=O)n(C)c(=O)n(C)c4c32)c1OC. The van der Waals surface area contributed by atoms with Crippen molar-refractivity contribution in [1.82, 2.24) is 13.7 Å². The van der Waals surface area contributed by atoms with E-state index in [1.165, 1.54) is 11.6 Å². The minimum Gasteiger partial charge on any atom is -0.493 e. The van der Waals surface area contributed by atoms with Crippen molar-refractivity contribution >= 4 is 16.6 Å². The topological polar surface area (TPSA) is 79.4 Å². The molecule has 0 saturated heterocycles. The van der Waals surface area contributed by atoms with Gasteiger partial charge < -0.3 is 19.4 Å². The number of anilines is 1. The largest absolute Gasteiger partial charge is 0.493 e. The molecular formula is C23H22N4O4. The molecule has 8 nitrogen and oxygen atoms in total. The number of nitrogens with zero attached hydrogens (tertiary/aromatic N) is 3. The van der Waals surface area contributed by atoms with Gasteiger partial charge in [0.1, 0.15) is 0 Å². The van der Waals surface area contributed by atoms with Crippen LogP contribution >= 0.6 is 0 Å². The number of para-hydroxylation sites is 3. The number of hydrogen-bond donors (Lipinski definition) is 1. The number of fused-ring (bicyclic) bond motifs is 5. The van der Waals surface area contributed by atoms with Crippen LogP contribution in [0.4, 0.5) is 5.69 Å². The van der Waals surface area contributed by atoms with Gasteiger partial charge in [-0.2, -0.15) is 0 Å². The third-order valence-corrected chi connectivity index (χ3v) is 5.94. The second kappa shape index (κ2) is 6.80. The Labute approximate surface area is 177 Å². The highest BCUT2D eigenvalue weighted by Crippen LogP contribution is 2.44. The molecule has 158 valence electrons. The molecule has 5 rings (SSSR count). The number of aryl methyl sites for hydroxylation is 1. The van der Waals surface area contributed by atoms with Crippen LogP contribution in [0.15, 0.2) is 58.3 Å². The maximum atomic E-state index is 13.0. The van der Waals surface area contributed by atoms with Gasteiger partial charge in [0.25, 0.3) is 5.56 Å². The van der Waals surface area contributed by atoms with Gasteiger partial charge in [0.2, 0.25) is 0 Å². The lowest BCUT2D eigenvalue weighted by Gasteiger charge is -2.31. The summed E-state index contributed by atoms with van der Waals surface area (Å²) in [5.41, 5.74) is 3.33. The number of rotatable bonds is 3. The van der Waals surface area contributed by atoms with Crippen molar-refractivity contribution in [3.63, 3.8) is 0 Å². The van der Waals surface area contributed by atoms with Crippen molar-refractivity contribution in [2.24, 2.45) is 14.1 Å². The summed E-state index contributed by atoms with van der Waals surface area (Å²) in [6, 6.07) is 13.2. The minimum absolute atomic E-state index is 0.325. The summed E-state index contributed by atoms with van der Waals surface area (Å²) >= 11 is 0. The van der Waals surface area contributed by atoms with Gasteiger partial charge in [0.15, 0.2) is 11.5 Å². The highest BCUT2D eigenvalue weighted by Gasteiger charge is 2.33. The average Bonchev–Trinajstić information content (AvgIpc) is 3.21. The van der Waals surface area contributed by atoms with E-state index in [1.54, 1.807) is 21.3 Å². The summed E-state index contributed by atoms with van der Waals surface area (Å²) in [4.78, 5) is 25.7. The zero-order chi connectivity index (χ0) is 21.9. The number of ether oxygens (including phenoxy) is 2. The van der Waals surface area contributed by atoms with Gasteiger partial charge in [0, 0.05) is 25.9 Å². The fourth-order valence-corrected chi connectivity index (χ4v) is 4.48. The van der Waals surface area contributed by atoms with E-state index in [0.717, 1.165) is 27.2 Å². The van der Waals surface area contributed by atoms with Gasteiger partial charge in [-0.25, -0.2) is 4.79 Å². The first-order valence-electron chi connectivity index (χ1n) is 9.85. The summed E-state index contributed by atoms with van der Waals surface area (Å²) in [5, 5.41) is 4.05. The number of benzene rings is 2. The fourth-order valence-electron chi connectivity index (χ4n) is 4.48. The summed E-state index contributed by atoms with van der Waals surface area (Å²) in [5.74, 6) is 1.20. The number of methoxy groups -OCH3 is 2. The van der Waals surface area contributed by atoms with Crippen LogP contribution in [0.5, 0.6) is 11.5 Å². The molecule has 0 spiro atoms. The average molecular weight is 418 g/mol. The van der Waals surface area contributed by atoms with Crippen molar-refractivity contribution in [1.29, 1.82) is 0 Å². The van der Waals surface area contributed by atoms with E-state index in [0.29, 0.717) is 22.4 Å². The van der Waals surface area contributed by atoms with Gasteiger partial charge in [-0.3, -0.25) is 13.9 Å². The van der Waals surface area contributed by atoms with Crippen LogP contribution in [0.1, 0.15) is 17.3 Å². The van der Waals surface area contributed by atoms with E-state index in [1.807, 2.05) is 53.2 Å². The van der Waals surface area contributed by atoms with Gasteiger partial charge in [-0.15, -0.1) is 0 Å². The monoisotopic (exact) mass is 418 g/mol. The second-order valence-electron chi connectivity index (χ2n) is 7.53. The van der Waals surface area contributed by atoms with Crippen molar-refractivity contribution in [2.75, 3.05) is 19.5 Å². The Balaban J connectivity index is 1.93. The van der Waals surface area contributed by atoms with E-state index < -0.39 is 0 Å². The number of nitrogens with one attached hydrogen (secondary N) is 1. The first-order chi connectivity index (χ1) is 15.0. The van der Waals surface area contributed by atoms with Crippen LogP contribution in [-0.2, 0) is 14.1 Å². The first kappa shape index (κ1) is 19.0. The van der Waals surface area contributed by atoms with E-state index >= 15 is 0 Å². The van der Waals surface area contributed by atoms with Gasteiger partial charge in [0.05, 0.1) is 48.2 Å². The maximum Gasteiger partial charge on any atom is 0.331 e. The van der Waals surface area contributed by atoms with Gasteiger partial charge in [-0.05, 0) is 18.2 Å². The molecule has 2 aromatic carbocycles. The summed E-state index contributed by atoms with van der Waals surface area (Å²) < 4.78 is 15.9. The molecular weight excluding hydrogens is 396 g/mol. The third-order valence-electron chi connectivity index (χ3n) is 5.94. The Morgan fingerprint density at radius 3 is 2.45 bits per heavy atom. The van der Waals surface area contributed by atoms with E-state index in [-0.39, 0.29) is 17.3 Å². The fraction of sp³-hybridized carbons (Fsp3) is 0.217. The lowest BCUT2D eigenvalue weighted by Crippen LogP contribution is -2.37. The lowest BCUT2D eigenvalue weighted by molar-refractivity contribution is 0.351. The lowest BCUT2D eigenvalue weighted by atomic mass is 9.98. The Morgan fingerprint density at radius 1 is 0.935 bits per heavy atom. The van der Waals surface area contributed by atoms with Crippen LogP contribution in [0.3, 0.4) is 0 Å². The molecule has 31 heavy (non-hydrogen) atoms. The molecule has 4 aromatic rings. The predicted octanol–water partition coefficient (Wildman–Crippen LogP) is 2.56. The van der Waals surface area contributed by atoms with Crippen molar-refractivity contribution in [3.8, 4) is 17.2 Å². The molecule has 1 atom stereocenters. The summed E-state index contributed by atoms with van der Waals surface area (Å²) in [6.07, 6.45) is 1.81. The first-order valence-corrected chi connectivity index (χ1v) is 9.85. The van der Waals surface area contributed by atoms with Crippen LogP contribution in [0, 0.1) is 0 Å². The zero-order valence-corrected chi connectivity index (χ0v) is 17.7. The molecule has 0 fully saturated rings. The molecule has 0 radical (unpaired) electrons.